The lowest BCUT2D eigenvalue weighted by atomic mass is 9.84. The predicted molar refractivity (Wildman–Crippen MR) is 183 cm³/mol. The number of benzene rings is 1. The van der Waals surface area contributed by atoms with Crippen molar-refractivity contribution in [3.05, 3.63) is 47.7 Å². The number of nitrogens with zero attached hydrogens (tertiary/aromatic N) is 6. The summed E-state index contributed by atoms with van der Waals surface area (Å²) in [6, 6.07) is 5.51. The third kappa shape index (κ3) is 8.89. The highest BCUT2D eigenvalue weighted by Gasteiger charge is 2.57. The molecule has 5 rings (SSSR count). The average molecular weight is 763 g/mol. The van der Waals surface area contributed by atoms with E-state index < -0.39 is 58.2 Å². The van der Waals surface area contributed by atoms with Gasteiger partial charge in [0, 0.05) is 36.5 Å². The third-order valence-corrected chi connectivity index (χ3v) is 9.23. The van der Waals surface area contributed by atoms with Gasteiger partial charge >= 0.3 is 11.9 Å². The molecule has 22 heteroatoms. The first-order chi connectivity index (χ1) is 24.6. The van der Waals surface area contributed by atoms with Crippen LogP contribution >= 0.6 is 11.3 Å². The number of nitrogens with two attached hydrogens (primary N) is 2. The number of aliphatic carboxylic acids is 1. The van der Waals surface area contributed by atoms with Crippen molar-refractivity contribution in [2.45, 2.75) is 31.5 Å². The number of aryl methyl sites for hydroxylation is 1. The normalized spacial score (nSPS) is 17.9. The second-order valence-electron chi connectivity index (χ2n) is 12.5. The van der Waals surface area contributed by atoms with Gasteiger partial charge in [0.15, 0.2) is 10.8 Å². The number of hydrogen-bond acceptors (Lipinski definition) is 17. The summed E-state index contributed by atoms with van der Waals surface area (Å²) >= 11 is 0.951. The lowest BCUT2D eigenvalue weighted by molar-refractivity contribution is -0.661. The molecule has 2 aliphatic heterocycles. The van der Waals surface area contributed by atoms with Gasteiger partial charge in [-0.3, -0.25) is 14.5 Å². The van der Waals surface area contributed by atoms with E-state index in [4.69, 9.17) is 26.0 Å². The van der Waals surface area contributed by atoms with E-state index in [1.807, 2.05) is 17.8 Å². The molecule has 0 aliphatic carbocycles. The van der Waals surface area contributed by atoms with Crippen LogP contribution in [0.5, 0.6) is 5.75 Å². The van der Waals surface area contributed by atoms with E-state index in [-0.39, 0.29) is 10.8 Å². The molecule has 2 saturated heterocycles. The molecule has 2 aromatic heterocycles. The summed E-state index contributed by atoms with van der Waals surface area (Å²) in [5.41, 5.74) is 11.1. The number of aromatic nitrogens is 3. The number of thiazole rings is 1. The van der Waals surface area contributed by atoms with Gasteiger partial charge in [0.2, 0.25) is 10.4 Å². The molecule has 2 atom stereocenters. The second kappa shape index (κ2) is 15.7. The molecule has 0 radical (unpaired) electrons. The highest BCUT2D eigenvalue weighted by molar-refractivity contribution is 7.80. The van der Waals surface area contributed by atoms with E-state index in [9.17, 15) is 32.5 Å². The molecule has 1 unspecified atom stereocenters. The Morgan fingerprint density at radius 1 is 1.29 bits per heavy atom. The first-order valence-electron chi connectivity index (χ1n) is 15.8. The summed E-state index contributed by atoms with van der Waals surface area (Å²) in [4.78, 5) is 53.9. The van der Waals surface area contributed by atoms with Gasteiger partial charge in [-0.1, -0.05) is 22.3 Å². The lowest BCUT2D eigenvalue weighted by Gasteiger charge is -2.51. The van der Waals surface area contributed by atoms with Gasteiger partial charge in [-0.15, -0.1) is 11.3 Å². The van der Waals surface area contributed by atoms with E-state index in [1.165, 1.54) is 19.2 Å². The lowest BCUT2D eigenvalue weighted by Crippen LogP contribution is -2.76. The molecule has 52 heavy (non-hydrogen) atoms. The van der Waals surface area contributed by atoms with Crippen molar-refractivity contribution in [2.24, 2.45) is 23.9 Å². The number of hydroxylamine groups is 2. The Bertz CT molecular complexity index is 1940. The maximum absolute atomic E-state index is 13.3. The Morgan fingerprint density at radius 2 is 2.00 bits per heavy atom. The van der Waals surface area contributed by atoms with Crippen LogP contribution < -0.4 is 36.3 Å². The van der Waals surface area contributed by atoms with Crippen LogP contribution in [-0.2, 0) is 41.0 Å². The second-order valence-corrected chi connectivity index (χ2v) is 14.3. The number of oxime groups is 1. The molecule has 2 fully saturated rings. The number of rotatable bonds is 17. The minimum Gasteiger partial charge on any atom is -0.724 e. The van der Waals surface area contributed by atoms with Crippen molar-refractivity contribution in [1.29, 1.82) is 0 Å². The van der Waals surface area contributed by atoms with Crippen LogP contribution in [0.1, 0.15) is 19.5 Å². The van der Waals surface area contributed by atoms with Crippen LogP contribution in [0, 0.1) is 5.92 Å². The number of amides is 2. The van der Waals surface area contributed by atoms with Crippen LogP contribution in [0.25, 0.3) is 11.1 Å². The number of β-lactam (4-membered cyclic amide) rings is 1. The molecule has 7 N–H and O–H groups in total. The van der Waals surface area contributed by atoms with Gasteiger partial charge in [-0.05, 0) is 31.5 Å². The van der Waals surface area contributed by atoms with E-state index in [0.717, 1.165) is 48.0 Å². The molecule has 0 saturated carbocycles. The smallest absolute Gasteiger partial charge is 0.393 e. The predicted octanol–water partition coefficient (Wildman–Crippen LogP) is -1.65. The number of carboxylic acid groups (broad SMARTS) is 1. The number of nitrogens with one attached hydrogen (secondary N) is 2. The van der Waals surface area contributed by atoms with Crippen LogP contribution in [0.2, 0.25) is 0 Å². The van der Waals surface area contributed by atoms with E-state index in [0.29, 0.717) is 29.8 Å². The number of nitrogen functional groups attached to an aromatic ring is 1. The zero-order chi connectivity index (χ0) is 37.8. The van der Waals surface area contributed by atoms with E-state index in [1.54, 1.807) is 30.5 Å². The van der Waals surface area contributed by atoms with Crippen LogP contribution in [0.4, 0.5) is 11.1 Å². The van der Waals surface area contributed by atoms with Gasteiger partial charge < -0.3 is 41.3 Å². The molecule has 4 heterocycles. The molecule has 20 nitrogen and oxygen atoms in total. The van der Waals surface area contributed by atoms with Gasteiger partial charge in [0.1, 0.15) is 30.3 Å². The Hall–Kier alpha value is -5.00. The Labute approximate surface area is 302 Å². The first kappa shape index (κ1) is 38.2. The fourth-order valence-corrected chi connectivity index (χ4v) is 6.38. The number of ether oxygens (including phenoxy) is 1. The standard InChI is InChI=1S/C30H38N10O10S2/c1-30(2)24(26(42)40(30)50-52(45,46)47)36-25(41)23(21-16-51-28(32)35-21)37-49-22(27(43)44)15-48-20-6-4-18(5-7-20)19-12-34-29(38(3)14-19)39(9-8-31)13-17-10-33-11-17/h4-7,12,14,16-17,22,24,33H,8-11,13,15,31H2,1-3H3,(H4-,32,35,36,41,43,44,45,46,47)/b37-23-/t22?,24-/m1/s1. The quantitative estimate of drug-likeness (QED) is 0.0257. The van der Waals surface area contributed by atoms with Crippen LogP contribution in [0.3, 0.4) is 0 Å². The first-order valence-corrected chi connectivity index (χ1v) is 18.0. The van der Waals surface area contributed by atoms with Gasteiger partial charge in [0.25, 0.3) is 17.9 Å². The highest BCUT2D eigenvalue weighted by atomic mass is 32.3. The largest absolute Gasteiger partial charge is 0.724 e. The zero-order valence-corrected chi connectivity index (χ0v) is 29.9. The molecule has 2 aliphatic rings. The van der Waals surface area contributed by atoms with Crippen molar-refractivity contribution < 1.29 is 50.9 Å². The Balaban J connectivity index is 1.24. The van der Waals surface area contributed by atoms with Crippen molar-refractivity contribution in [1.82, 2.24) is 25.7 Å². The van der Waals surface area contributed by atoms with Gasteiger partial charge in [-0.25, -0.2) is 22.8 Å². The van der Waals surface area contributed by atoms with Crippen molar-refractivity contribution in [3.63, 3.8) is 0 Å². The summed E-state index contributed by atoms with van der Waals surface area (Å²) in [7, 11) is -3.36. The fourth-order valence-electron chi connectivity index (χ4n) is 5.39. The molecular weight excluding hydrogens is 725 g/mol. The van der Waals surface area contributed by atoms with Gasteiger partial charge in [0.05, 0.1) is 31.9 Å². The number of carbonyl (C=O) groups is 3. The molecule has 3 aromatic rings. The molecular formula is C30H38N10O10S2. The minimum absolute atomic E-state index is 0.0492. The number of carbonyl (C=O) groups excluding carboxylic acids is 2. The molecule has 0 bridgehead atoms. The highest BCUT2D eigenvalue weighted by Crippen LogP contribution is 2.33. The Kier molecular flexibility index (Phi) is 11.6. The number of carboxylic acids is 1. The monoisotopic (exact) mass is 762 g/mol. The maximum Gasteiger partial charge on any atom is 0.393 e. The molecule has 2 amide bonds. The van der Waals surface area contributed by atoms with E-state index >= 15 is 0 Å². The third-order valence-electron chi connectivity index (χ3n) is 8.23. The summed E-state index contributed by atoms with van der Waals surface area (Å²) < 4.78 is 44.9. The van der Waals surface area contributed by atoms with Gasteiger partial charge in [-0.2, -0.15) is 9.35 Å². The zero-order valence-electron chi connectivity index (χ0n) is 28.3. The molecule has 0 spiro atoms. The summed E-state index contributed by atoms with van der Waals surface area (Å²) in [5.74, 6) is -1.87. The SMILES string of the molecule is C[n+]1cc(-c2ccc(OCC(O/N=C(\C(=O)N[C@@H]3C(=O)N(OS(=O)(=O)[O-])C3(C)C)c3csc(N)n3)C(=O)O)cc2)cnc1N(CCN)CC1CNC1. The molecule has 280 valence electrons. The number of anilines is 2. The summed E-state index contributed by atoms with van der Waals surface area (Å²) in [6.07, 6.45) is 2.03. The fraction of sp³-hybridized carbons (Fsp3) is 0.433. The average Bonchev–Trinajstić information content (AvgIpc) is 3.50. The molecule has 1 aromatic carbocycles. The van der Waals surface area contributed by atoms with Crippen molar-refractivity contribution in [2.75, 3.05) is 50.0 Å². The summed E-state index contributed by atoms with van der Waals surface area (Å²) in [5, 5.41) is 20.9. The van der Waals surface area contributed by atoms with Crippen LogP contribution in [0.15, 0.2) is 47.2 Å². The van der Waals surface area contributed by atoms with Crippen molar-refractivity contribution >= 4 is 56.3 Å². The minimum atomic E-state index is -5.27. The van der Waals surface area contributed by atoms with Crippen LogP contribution in [-0.4, -0.2) is 114 Å². The topological polar surface area (TPSA) is 281 Å². The van der Waals surface area contributed by atoms with Crippen molar-refractivity contribution in [3.8, 4) is 16.9 Å². The number of hydrogen-bond donors (Lipinski definition) is 5. The Morgan fingerprint density at radius 3 is 2.54 bits per heavy atom. The maximum atomic E-state index is 13.3. The van der Waals surface area contributed by atoms with E-state index in [2.05, 4.69) is 30.0 Å². The summed E-state index contributed by atoms with van der Waals surface area (Å²) in [6.45, 7) is 6.11.